The van der Waals surface area contributed by atoms with Crippen molar-refractivity contribution >= 4 is 17.6 Å². The molecule has 1 rings (SSSR count). The van der Waals surface area contributed by atoms with Crippen LogP contribution >= 0.6 is 11.8 Å². The first-order valence-electron chi connectivity index (χ1n) is 5.34. The Hall–Kier alpha value is -0.770. The fourth-order valence-corrected chi connectivity index (χ4v) is 1.98. The van der Waals surface area contributed by atoms with Crippen LogP contribution in [0.4, 0.5) is 5.82 Å². The molecule has 4 heteroatoms. The van der Waals surface area contributed by atoms with E-state index in [2.05, 4.69) is 37.7 Å². The smallest absolute Gasteiger partial charge is 0.134 e. The molecule has 3 nitrogen and oxygen atoms in total. The van der Waals surface area contributed by atoms with Gasteiger partial charge in [0.25, 0.3) is 0 Å². The van der Waals surface area contributed by atoms with Crippen molar-refractivity contribution in [1.29, 1.82) is 0 Å². The van der Waals surface area contributed by atoms with Crippen LogP contribution in [-0.2, 0) is 0 Å². The summed E-state index contributed by atoms with van der Waals surface area (Å²) in [6, 6.07) is 1.85. The van der Waals surface area contributed by atoms with Gasteiger partial charge in [-0.3, -0.25) is 0 Å². The second-order valence-electron chi connectivity index (χ2n) is 3.98. The van der Waals surface area contributed by atoms with Gasteiger partial charge in [0.05, 0.1) is 0 Å². The maximum Gasteiger partial charge on any atom is 0.134 e. The molecule has 0 bridgehead atoms. The molecular weight excluding hydrogens is 206 g/mol. The zero-order chi connectivity index (χ0) is 11.4. The van der Waals surface area contributed by atoms with Gasteiger partial charge in [-0.25, -0.2) is 9.97 Å². The molecule has 15 heavy (non-hydrogen) atoms. The molecule has 1 heterocycles. The van der Waals surface area contributed by atoms with E-state index in [1.165, 1.54) is 0 Å². The van der Waals surface area contributed by atoms with Gasteiger partial charge in [0.1, 0.15) is 16.7 Å². The highest BCUT2D eigenvalue weighted by Gasteiger charge is 2.09. The van der Waals surface area contributed by atoms with E-state index >= 15 is 0 Å². The van der Waals surface area contributed by atoms with Gasteiger partial charge in [0.15, 0.2) is 0 Å². The van der Waals surface area contributed by atoms with Gasteiger partial charge < -0.3 is 5.73 Å². The molecule has 0 aliphatic rings. The number of aromatic nitrogens is 2. The Morgan fingerprint density at radius 3 is 2.53 bits per heavy atom. The highest BCUT2D eigenvalue weighted by atomic mass is 32.2. The summed E-state index contributed by atoms with van der Waals surface area (Å²) >= 11 is 1.76. The van der Waals surface area contributed by atoms with Crippen LogP contribution in [0.2, 0.25) is 0 Å². The second kappa shape index (κ2) is 5.35. The molecule has 0 aromatic carbocycles. The Morgan fingerprint density at radius 2 is 2.00 bits per heavy atom. The summed E-state index contributed by atoms with van der Waals surface area (Å²) in [5, 5.41) is 1.56. The minimum absolute atomic E-state index is 0.324. The third-order valence-corrected chi connectivity index (χ3v) is 3.34. The summed E-state index contributed by atoms with van der Waals surface area (Å²) in [5.74, 6) is 1.73. The van der Waals surface area contributed by atoms with Crippen LogP contribution in [0.25, 0.3) is 0 Å². The Bertz CT molecular complexity index is 326. The number of nitrogen functional groups attached to an aromatic ring is 1. The van der Waals surface area contributed by atoms with Crippen molar-refractivity contribution in [2.24, 2.45) is 0 Å². The molecule has 0 aliphatic carbocycles. The minimum atomic E-state index is 0.324. The van der Waals surface area contributed by atoms with Gasteiger partial charge in [-0.1, -0.05) is 27.7 Å². The molecule has 0 radical (unpaired) electrons. The first kappa shape index (κ1) is 12.3. The first-order chi connectivity index (χ1) is 7.02. The molecular formula is C11H19N3S. The van der Waals surface area contributed by atoms with Crippen LogP contribution in [0.5, 0.6) is 0 Å². The monoisotopic (exact) mass is 225 g/mol. The number of hydrogen-bond acceptors (Lipinski definition) is 4. The lowest BCUT2D eigenvalue weighted by Crippen LogP contribution is -2.03. The number of rotatable bonds is 4. The number of nitrogens with two attached hydrogens (primary N) is 1. The lowest BCUT2D eigenvalue weighted by Gasteiger charge is -2.10. The van der Waals surface area contributed by atoms with Crippen molar-refractivity contribution in [3.05, 3.63) is 11.9 Å². The molecule has 1 atom stereocenters. The van der Waals surface area contributed by atoms with Gasteiger partial charge in [-0.05, 0) is 6.42 Å². The van der Waals surface area contributed by atoms with Crippen molar-refractivity contribution in [2.45, 2.75) is 50.3 Å². The van der Waals surface area contributed by atoms with E-state index in [-0.39, 0.29) is 0 Å². The van der Waals surface area contributed by atoms with Crippen LogP contribution in [0.3, 0.4) is 0 Å². The van der Waals surface area contributed by atoms with E-state index in [1.807, 2.05) is 6.07 Å². The molecule has 1 aromatic heterocycles. The van der Waals surface area contributed by atoms with Gasteiger partial charge >= 0.3 is 0 Å². The normalized spacial score (nSPS) is 13.1. The summed E-state index contributed by atoms with van der Waals surface area (Å²) in [5.41, 5.74) is 5.75. The zero-order valence-corrected chi connectivity index (χ0v) is 10.6. The Kier molecular flexibility index (Phi) is 4.39. The van der Waals surface area contributed by atoms with Crippen molar-refractivity contribution in [1.82, 2.24) is 9.97 Å². The van der Waals surface area contributed by atoms with Crippen molar-refractivity contribution in [3.8, 4) is 0 Å². The van der Waals surface area contributed by atoms with E-state index < -0.39 is 0 Å². The van der Waals surface area contributed by atoms with Crippen molar-refractivity contribution in [2.75, 3.05) is 5.73 Å². The SMILES string of the molecule is CCC(C)Sc1cc(N)nc(C(C)C)n1. The second-order valence-corrected chi connectivity index (χ2v) is 5.44. The molecule has 0 saturated heterocycles. The lowest BCUT2D eigenvalue weighted by molar-refractivity contribution is 0.755. The predicted octanol–water partition coefficient (Wildman–Crippen LogP) is 3.07. The van der Waals surface area contributed by atoms with Gasteiger partial charge in [0.2, 0.25) is 0 Å². The number of anilines is 1. The molecule has 84 valence electrons. The maximum absolute atomic E-state index is 5.75. The van der Waals surface area contributed by atoms with Crippen LogP contribution in [0, 0.1) is 0 Å². The predicted molar refractivity (Wildman–Crippen MR) is 66.1 cm³/mol. The summed E-state index contributed by atoms with van der Waals surface area (Å²) in [6.07, 6.45) is 1.13. The minimum Gasteiger partial charge on any atom is -0.384 e. The molecule has 0 fully saturated rings. The third kappa shape index (κ3) is 3.70. The molecule has 1 unspecified atom stereocenters. The Balaban J connectivity index is 2.88. The fourth-order valence-electron chi connectivity index (χ4n) is 1.07. The zero-order valence-electron chi connectivity index (χ0n) is 9.82. The average Bonchev–Trinajstić information content (AvgIpc) is 2.16. The maximum atomic E-state index is 5.75. The number of hydrogen-bond donors (Lipinski definition) is 1. The Morgan fingerprint density at radius 1 is 1.33 bits per heavy atom. The van der Waals surface area contributed by atoms with Crippen molar-refractivity contribution < 1.29 is 0 Å². The quantitative estimate of drug-likeness (QED) is 0.632. The molecule has 0 aliphatic heterocycles. The number of nitrogens with zero attached hydrogens (tertiary/aromatic N) is 2. The van der Waals surface area contributed by atoms with E-state index in [0.29, 0.717) is 17.0 Å². The largest absolute Gasteiger partial charge is 0.384 e. The van der Waals surface area contributed by atoms with Crippen LogP contribution in [0.15, 0.2) is 11.1 Å². The van der Waals surface area contributed by atoms with E-state index in [0.717, 1.165) is 17.3 Å². The highest BCUT2D eigenvalue weighted by Crippen LogP contribution is 2.25. The molecule has 2 N–H and O–H groups in total. The van der Waals surface area contributed by atoms with Gasteiger partial charge in [-0.15, -0.1) is 11.8 Å². The summed E-state index contributed by atoms with van der Waals surface area (Å²) < 4.78 is 0. The fraction of sp³-hybridized carbons (Fsp3) is 0.636. The topological polar surface area (TPSA) is 51.8 Å². The van der Waals surface area contributed by atoms with E-state index in [4.69, 9.17) is 5.73 Å². The van der Waals surface area contributed by atoms with Crippen LogP contribution in [-0.4, -0.2) is 15.2 Å². The standard InChI is InChI=1S/C11H19N3S/c1-5-8(4)15-10-6-9(12)13-11(14-10)7(2)3/h6-8H,5H2,1-4H3,(H2,12,13,14). The average molecular weight is 225 g/mol. The highest BCUT2D eigenvalue weighted by molar-refractivity contribution is 7.99. The Labute approximate surface area is 95.9 Å². The number of thioether (sulfide) groups is 1. The summed E-state index contributed by atoms with van der Waals surface area (Å²) in [4.78, 5) is 8.71. The summed E-state index contributed by atoms with van der Waals surface area (Å²) in [6.45, 7) is 8.52. The lowest BCUT2D eigenvalue weighted by atomic mass is 10.2. The van der Waals surface area contributed by atoms with Crippen LogP contribution in [0.1, 0.15) is 45.9 Å². The van der Waals surface area contributed by atoms with Crippen LogP contribution < -0.4 is 5.73 Å². The van der Waals surface area contributed by atoms with Gasteiger partial charge in [-0.2, -0.15) is 0 Å². The van der Waals surface area contributed by atoms with Crippen molar-refractivity contribution in [3.63, 3.8) is 0 Å². The van der Waals surface area contributed by atoms with E-state index in [9.17, 15) is 0 Å². The molecule has 1 aromatic rings. The van der Waals surface area contributed by atoms with E-state index in [1.54, 1.807) is 11.8 Å². The molecule has 0 saturated carbocycles. The third-order valence-electron chi connectivity index (χ3n) is 2.15. The van der Waals surface area contributed by atoms with Gasteiger partial charge in [0, 0.05) is 17.2 Å². The first-order valence-corrected chi connectivity index (χ1v) is 6.22. The molecule has 0 spiro atoms. The summed E-state index contributed by atoms with van der Waals surface area (Å²) in [7, 11) is 0. The molecule has 0 amide bonds.